The van der Waals surface area contributed by atoms with Crippen LogP contribution < -0.4 is 10.5 Å². The van der Waals surface area contributed by atoms with Crippen molar-refractivity contribution in [1.29, 1.82) is 0 Å². The summed E-state index contributed by atoms with van der Waals surface area (Å²) in [6, 6.07) is 12.6. The Bertz CT molecular complexity index is 623. The fourth-order valence-corrected chi connectivity index (χ4v) is 1.89. The van der Waals surface area contributed by atoms with E-state index in [2.05, 4.69) is 0 Å². The number of ether oxygens (including phenoxy) is 2. The Morgan fingerprint density at radius 2 is 2.00 bits per heavy atom. The highest BCUT2D eigenvalue weighted by Crippen LogP contribution is 2.19. The summed E-state index contributed by atoms with van der Waals surface area (Å²) in [6.07, 6.45) is 0. The van der Waals surface area contributed by atoms with Gasteiger partial charge in [-0.3, -0.25) is 0 Å². The van der Waals surface area contributed by atoms with E-state index in [-0.39, 0.29) is 6.61 Å². The molecule has 0 heterocycles. The topological polar surface area (TPSA) is 61.5 Å². The number of esters is 1. The Labute approximate surface area is 118 Å². The van der Waals surface area contributed by atoms with E-state index in [1.54, 1.807) is 18.2 Å². The molecular weight excluding hydrogens is 254 g/mol. The third-order valence-electron chi connectivity index (χ3n) is 2.85. The molecule has 0 bridgehead atoms. The minimum absolute atomic E-state index is 0.234. The Kier molecular flexibility index (Phi) is 4.25. The van der Waals surface area contributed by atoms with Crippen LogP contribution >= 0.6 is 0 Å². The third kappa shape index (κ3) is 3.51. The molecule has 0 saturated heterocycles. The second kappa shape index (κ2) is 6.10. The van der Waals surface area contributed by atoms with Crippen LogP contribution in [0, 0.1) is 6.92 Å². The van der Waals surface area contributed by atoms with Crippen LogP contribution in [0.15, 0.2) is 42.5 Å². The first-order valence-corrected chi connectivity index (χ1v) is 6.25. The van der Waals surface area contributed by atoms with Gasteiger partial charge in [0.1, 0.15) is 12.4 Å². The fourth-order valence-electron chi connectivity index (χ4n) is 1.89. The second-order valence-corrected chi connectivity index (χ2v) is 4.56. The lowest BCUT2D eigenvalue weighted by atomic mass is 10.1. The van der Waals surface area contributed by atoms with Crippen molar-refractivity contribution in [3.05, 3.63) is 59.2 Å². The standard InChI is InChI=1S/C16H17NO3/c1-11-4-3-5-12(6-11)10-20-16(18)13-7-14(17)9-15(8-13)19-2/h3-9H,10,17H2,1-2H3. The quantitative estimate of drug-likeness (QED) is 0.686. The average molecular weight is 271 g/mol. The van der Waals surface area contributed by atoms with Gasteiger partial charge in [-0.1, -0.05) is 29.8 Å². The number of hydrogen-bond donors (Lipinski definition) is 1. The van der Waals surface area contributed by atoms with Crippen LogP contribution in [0.4, 0.5) is 5.69 Å². The Balaban J connectivity index is 2.07. The number of anilines is 1. The molecule has 0 aromatic heterocycles. The number of methoxy groups -OCH3 is 1. The summed E-state index contributed by atoms with van der Waals surface area (Å²) in [6.45, 7) is 2.23. The maximum absolute atomic E-state index is 12.0. The van der Waals surface area contributed by atoms with Crippen molar-refractivity contribution in [1.82, 2.24) is 0 Å². The molecule has 2 N–H and O–H groups in total. The van der Waals surface area contributed by atoms with Gasteiger partial charge in [-0.05, 0) is 24.6 Å². The third-order valence-corrected chi connectivity index (χ3v) is 2.85. The van der Waals surface area contributed by atoms with E-state index in [0.29, 0.717) is 17.0 Å². The van der Waals surface area contributed by atoms with Crippen molar-refractivity contribution < 1.29 is 14.3 Å². The second-order valence-electron chi connectivity index (χ2n) is 4.56. The number of rotatable bonds is 4. The lowest BCUT2D eigenvalue weighted by molar-refractivity contribution is 0.0472. The summed E-state index contributed by atoms with van der Waals surface area (Å²) in [5.74, 6) is 0.115. The summed E-state index contributed by atoms with van der Waals surface area (Å²) >= 11 is 0. The zero-order valence-electron chi connectivity index (χ0n) is 11.6. The van der Waals surface area contributed by atoms with E-state index in [1.807, 2.05) is 31.2 Å². The first kappa shape index (κ1) is 13.9. The first-order valence-electron chi connectivity index (χ1n) is 6.25. The molecule has 4 nitrogen and oxygen atoms in total. The summed E-state index contributed by atoms with van der Waals surface area (Å²) in [5.41, 5.74) is 8.64. The zero-order valence-corrected chi connectivity index (χ0v) is 11.6. The normalized spacial score (nSPS) is 10.1. The van der Waals surface area contributed by atoms with Gasteiger partial charge >= 0.3 is 5.97 Å². The van der Waals surface area contributed by atoms with E-state index in [0.717, 1.165) is 11.1 Å². The van der Waals surface area contributed by atoms with Crippen LogP contribution in [0.5, 0.6) is 5.75 Å². The molecular formula is C16H17NO3. The predicted octanol–water partition coefficient (Wildman–Crippen LogP) is 2.94. The summed E-state index contributed by atoms with van der Waals surface area (Å²) in [7, 11) is 1.52. The molecule has 0 aliphatic rings. The molecule has 4 heteroatoms. The van der Waals surface area contributed by atoms with Crippen LogP contribution in [-0.4, -0.2) is 13.1 Å². The molecule has 2 aromatic rings. The Morgan fingerprint density at radius 1 is 1.20 bits per heavy atom. The van der Waals surface area contributed by atoms with E-state index in [4.69, 9.17) is 15.2 Å². The molecule has 2 rings (SSSR count). The lowest BCUT2D eigenvalue weighted by Gasteiger charge is -2.08. The van der Waals surface area contributed by atoms with Gasteiger partial charge in [0.15, 0.2) is 0 Å². The van der Waals surface area contributed by atoms with Crippen molar-refractivity contribution in [2.45, 2.75) is 13.5 Å². The molecule has 0 aliphatic carbocycles. The molecule has 0 saturated carbocycles. The lowest BCUT2D eigenvalue weighted by Crippen LogP contribution is -2.06. The SMILES string of the molecule is COc1cc(N)cc(C(=O)OCc2cccc(C)c2)c1. The summed E-state index contributed by atoms with van der Waals surface area (Å²) in [4.78, 5) is 12.0. The highest BCUT2D eigenvalue weighted by atomic mass is 16.5. The smallest absolute Gasteiger partial charge is 0.338 e. The van der Waals surface area contributed by atoms with Crippen LogP contribution in [0.1, 0.15) is 21.5 Å². The fraction of sp³-hybridized carbons (Fsp3) is 0.188. The highest BCUT2D eigenvalue weighted by molar-refractivity contribution is 5.91. The van der Waals surface area contributed by atoms with Gasteiger partial charge in [0.2, 0.25) is 0 Å². The maximum atomic E-state index is 12.0. The van der Waals surface area contributed by atoms with Gasteiger partial charge < -0.3 is 15.2 Å². The van der Waals surface area contributed by atoms with Crippen LogP contribution in [0.25, 0.3) is 0 Å². The zero-order chi connectivity index (χ0) is 14.5. The number of carbonyl (C=O) groups is 1. The maximum Gasteiger partial charge on any atom is 0.338 e. The molecule has 0 amide bonds. The van der Waals surface area contributed by atoms with Crippen molar-refractivity contribution >= 4 is 11.7 Å². The van der Waals surface area contributed by atoms with E-state index >= 15 is 0 Å². The molecule has 0 radical (unpaired) electrons. The Hall–Kier alpha value is -2.49. The molecule has 0 fully saturated rings. The summed E-state index contributed by atoms with van der Waals surface area (Å²) in [5, 5.41) is 0. The number of aryl methyl sites for hydroxylation is 1. The van der Waals surface area contributed by atoms with Gasteiger partial charge in [-0.25, -0.2) is 4.79 Å². The van der Waals surface area contributed by atoms with E-state index < -0.39 is 5.97 Å². The van der Waals surface area contributed by atoms with Gasteiger partial charge in [0, 0.05) is 11.8 Å². The molecule has 20 heavy (non-hydrogen) atoms. The van der Waals surface area contributed by atoms with Crippen molar-refractivity contribution in [3.8, 4) is 5.75 Å². The number of nitrogen functional groups attached to an aromatic ring is 1. The van der Waals surface area contributed by atoms with E-state index in [9.17, 15) is 4.79 Å². The molecule has 0 unspecified atom stereocenters. The number of benzene rings is 2. The minimum Gasteiger partial charge on any atom is -0.497 e. The van der Waals surface area contributed by atoms with Crippen LogP contribution in [0.3, 0.4) is 0 Å². The molecule has 0 spiro atoms. The van der Waals surface area contributed by atoms with Crippen LogP contribution in [0.2, 0.25) is 0 Å². The molecule has 0 atom stereocenters. The first-order chi connectivity index (χ1) is 9.58. The van der Waals surface area contributed by atoms with Crippen LogP contribution in [-0.2, 0) is 11.3 Å². The van der Waals surface area contributed by atoms with Crippen molar-refractivity contribution in [2.24, 2.45) is 0 Å². The van der Waals surface area contributed by atoms with E-state index in [1.165, 1.54) is 7.11 Å². The van der Waals surface area contributed by atoms with Crippen molar-refractivity contribution in [2.75, 3.05) is 12.8 Å². The molecule has 0 aliphatic heterocycles. The van der Waals surface area contributed by atoms with Crippen molar-refractivity contribution in [3.63, 3.8) is 0 Å². The Morgan fingerprint density at radius 3 is 2.70 bits per heavy atom. The number of nitrogens with two attached hydrogens (primary N) is 1. The molecule has 2 aromatic carbocycles. The largest absolute Gasteiger partial charge is 0.497 e. The highest BCUT2D eigenvalue weighted by Gasteiger charge is 2.10. The predicted molar refractivity (Wildman–Crippen MR) is 77.7 cm³/mol. The summed E-state index contributed by atoms with van der Waals surface area (Å²) < 4.78 is 10.4. The average Bonchev–Trinajstić information content (AvgIpc) is 2.44. The molecule has 104 valence electrons. The number of carbonyl (C=O) groups excluding carboxylic acids is 1. The van der Waals surface area contributed by atoms with Gasteiger partial charge in [0.05, 0.1) is 12.7 Å². The van der Waals surface area contributed by atoms with Gasteiger partial charge in [-0.2, -0.15) is 0 Å². The minimum atomic E-state index is -0.419. The van der Waals surface area contributed by atoms with Gasteiger partial charge in [0.25, 0.3) is 0 Å². The monoisotopic (exact) mass is 271 g/mol. The number of hydrogen-bond acceptors (Lipinski definition) is 4. The van der Waals surface area contributed by atoms with Gasteiger partial charge in [-0.15, -0.1) is 0 Å².